The number of benzene rings is 2. The molecule has 0 bridgehead atoms. The second-order valence-corrected chi connectivity index (χ2v) is 4.25. The van der Waals surface area contributed by atoms with Crippen LogP contribution < -0.4 is 16.8 Å². The Hall–Kier alpha value is -2.96. The zero-order valence-corrected chi connectivity index (χ0v) is 10.7. The lowest BCUT2D eigenvalue weighted by Gasteiger charge is -2.08. The Kier molecular flexibility index (Phi) is 3.84. The van der Waals surface area contributed by atoms with Crippen LogP contribution in [0.25, 0.3) is 0 Å². The van der Waals surface area contributed by atoms with Gasteiger partial charge in [-0.1, -0.05) is 0 Å². The molecule has 21 heavy (non-hydrogen) atoms. The van der Waals surface area contributed by atoms with Crippen LogP contribution in [0.15, 0.2) is 36.4 Å². The van der Waals surface area contributed by atoms with Crippen LogP contribution in [-0.4, -0.2) is 11.8 Å². The van der Waals surface area contributed by atoms with Crippen molar-refractivity contribution < 1.29 is 18.4 Å². The molecule has 0 saturated carbocycles. The molecule has 2 aromatic carbocycles. The molecule has 0 fully saturated rings. The molecular formula is C14H11F2N3O2. The summed E-state index contributed by atoms with van der Waals surface area (Å²) < 4.78 is 26.1. The Morgan fingerprint density at radius 2 is 1.57 bits per heavy atom. The van der Waals surface area contributed by atoms with Gasteiger partial charge < -0.3 is 16.8 Å². The van der Waals surface area contributed by atoms with Gasteiger partial charge in [-0.2, -0.15) is 0 Å². The molecule has 0 aromatic heterocycles. The van der Waals surface area contributed by atoms with Gasteiger partial charge in [0.05, 0.1) is 5.56 Å². The summed E-state index contributed by atoms with van der Waals surface area (Å²) in [6, 6.07) is 7.21. The van der Waals surface area contributed by atoms with Gasteiger partial charge in [0.25, 0.3) is 5.91 Å². The molecule has 0 aliphatic carbocycles. The number of halogens is 2. The van der Waals surface area contributed by atoms with Crippen LogP contribution >= 0.6 is 0 Å². The Morgan fingerprint density at radius 1 is 1.00 bits per heavy atom. The molecule has 0 spiro atoms. The highest BCUT2D eigenvalue weighted by molar-refractivity contribution is 6.07. The number of nitrogens with one attached hydrogen (secondary N) is 1. The van der Waals surface area contributed by atoms with E-state index in [4.69, 9.17) is 11.5 Å². The third-order valence-electron chi connectivity index (χ3n) is 2.76. The summed E-state index contributed by atoms with van der Waals surface area (Å²) in [5.74, 6) is -3.59. The number of rotatable bonds is 3. The van der Waals surface area contributed by atoms with Crippen LogP contribution in [0.5, 0.6) is 0 Å². The highest BCUT2D eigenvalue weighted by atomic mass is 19.2. The monoisotopic (exact) mass is 291 g/mol. The smallest absolute Gasteiger partial charge is 0.257 e. The molecule has 0 aliphatic rings. The first kappa shape index (κ1) is 14.4. The van der Waals surface area contributed by atoms with Crippen LogP contribution in [0, 0.1) is 11.6 Å². The minimum Gasteiger partial charge on any atom is -0.398 e. The van der Waals surface area contributed by atoms with Gasteiger partial charge in [0.1, 0.15) is 0 Å². The summed E-state index contributed by atoms with van der Waals surface area (Å²) in [5, 5.41) is 2.45. The van der Waals surface area contributed by atoms with Crippen molar-refractivity contribution in [1.82, 2.24) is 0 Å². The highest BCUT2D eigenvalue weighted by Gasteiger charge is 2.14. The highest BCUT2D eigenvalue weighted by Crippen LogP contribution is 2.19. The van der Waals surface area contributed by atoms with Gasteiger partial charge in [-0.25, -0.2) is 8.78 Å². The number of carbonyl (C=O) groups excluding carboxylic acids is 2. The first-order chi connectivity index (χ1) is 9.88. The van der Waals surface area contributed by atoms with Gasteiger partial charge in [0, 0.05) is 23.0 Å². The molecule has 0 saturated heterocycles. The lowest BCUT2D eigenvalue weighted by atomic mass is 10.1. The van der Waals surface area contributed by atoms with E-state index < -0.39 is 23.4 Å². The third-order valence-corrected chi connectivity index (χ3v) is 2.76. The molecule has 108 valence electrons. The van der Waals surface area contributed by atoms with Gasteiger partial charge >= 0.3 is 0 Å². The van der Waals surface area contributed by atoms with Crippen LogP contribution in [0.4, 0.5) is 20.2 Å². The summed E-state index contributed by atoms with van der Waals surface area (Å²) in [4.78, 5) is 22.9. The summed E-state index contributed by atoms with van der Waals surface area (Å²) >= 11 is 0. The van der Waals surface area contributed by atoms with E-state index in [9.17, 15) is 18.4 Å². The van der Waals surface area contributed by atoms with Crippen molar-refractivity contribution >= 4 is 23.2 Å². The molecule has 2 amide bonds. The van der Waals surface area contributed by atoms with Crippen molar-refractivity contribution in [1.29, 1.82) is 0 Å². The van der Waals surface area contributed by atoms with E-state index in [0.29, 0.717) is 5.69 Å². The average Bonchev–Trinajstić information content (AvgIpc) is 2.43. The molecular weight excluding hydrogens is 280 g/mol. The van der Waals surface area contributed by atoms with Crippen molar-refractivity contribution in [2.75, 3.05) is 11.1 Å². The van der Waals surface area contributed by atoms with Crippen LogP contribution in [0.1, 0.15) is 20.7 Å². The molecule has 0 atom stereocenters. The summed E-state index contributed by atoms with van der Waals surface area (Å²) in [5.41, 5.74) is 10.8. The van der Waals surface area contributed by atoms with Crippen molar-refractivity contribution in [3.8, 4) is 0 Å². The van der Waals surface area contributed by atoms with Crippen molar-refractivity contribution in [2.24, 2.45) is 5.73 Å². The van der Waals surface area contributed by atoms with Crippen molar-refractivity contribution in [3.63, 3.8) is 0 Å². The summed E-state index contributed by atoms with van der Waals surface area (Å²) in [7, 11) is 0. The second kappa shape index (κ2) is 5.58. The SMILES string of the molecule is NC(=O)c1ccc(NC(=O)c2cc(F)c(F)cc2N)cc1. The minimum atomic E-state index is -1.17. The van der Waals surface area contributed by atoms with Crippen molar-refractivity contribution in [2.45, 2.75) is 0 Å². The topological polar surface area (TPSA) is 98.2 Å². The molecule has 7 heteroatoms. The summed E-state index contributed by atoms with van der Waals surface area (Å²) in [6.45, 7) is 0. The van der Waals surface area contributed by atoms with Gasteiger partial charge in [-0.05, 0) is 30.3 Å². The lowest BCUT2D eigenvalue weighted by molar-refractivity contribution is 0.0998. The first-order valence-corrected chi connectivity index (χ1v) is 5.84. The number of nitrogen functional groups attached to an aromatic ring is 1. The maximum absolute atomic E-state index is 13.1. The van der Waals surface area contributed by atoms with E-state index in [1.807, 2.05) is 0 Å². The standard InChI is InChI=1S/C14H11F2N3O2/c15-10-5-9(12(17)6-11(10)16)14(21)19-8-3-1-7(2-4-8)13(18)20/h1-6H,17H2,(H2,18,20)(H,19,21). The van der Waals surface area contributed by atoms with E-state index in [-0.39, 0.29) is 16.8 Å². The molecule has 2 aromatic rings. The van der Waals surface area contributed by atoms with E-state index in [1.165, 1.54) is 24.3 Å². The zero-order valence-electron chi connectivity index (χ0n) is 10.7. The van der Waals surface area contributed by atoms with Gasteiger partial charge in [-0.3, -0.25) is 9.59 Å². The maximum Gasteiger partial charge on any atom is 0.257 e. The Bertz CT molecular complexity index is 715. The number of anilines is 2. The number of nitrogens with two attached hydrogens (primary N) is 2. The maximum atomic E-state index is 13.1. The van der Waals surface area contributed by atoms with E-state index in [1.54, 1.807) is 0 Å². The fraction of sp³-hybridized carbons (Fsp3) is 0. The van der Waals surface area contributed by atoms with Crippen LogP contribution in [-0.2, 0) is 0 Å². The normalized spacial score (nSPS) is 10.2. The van der Waals surface area contributed by atoms with E-state index in [2.05, 4.69) is 5.32 Å². The van der Waals surface area contributed by atoms with Gasteiger partial charge in [0.2, 0.25) is 5.91 Å². The largest absolute Gasteiger partial charge is 0.398 e. The minimum absolute atomic E-state index is 0.180. The Labute approximate surface area is 118 Å². The quantitative estimate of drug-likeness (QED) is 0.753. The third kappa shape index (κ3) is 3.14. The number of carbonyl (C=O) groups is 2. The van der Waals surface area contributed by atoms with Crippen molar-refractivity contribution in [3.05, 3.63) is 59.2 Å². The molecule has 0 aliphatic heterocycles. The molecule has 5 nitrogen and oxygen atoms in total. The number of hydrogen-bond donors (Lipinski definition) is 3. The summed E-state index contributed by atoms with van der Waals surface area (Å²) in [6.07, 6.45) is 0. The molecule has 2 rings (SSSR count). The number of primary amides is 1. The predicted molar refractivity (Wildman–Crippen MR) is 73.7 cm³/mol. The first-order valence-electron chi connectivity index (χ1n) is 5.84. The Morgan fingerprint density at radius 3 is 2.14 bits per heavy atom. The Balaban J connectivity index is 2.22. The fourth-order valence-electron chi connectivity index (χ4n) is 1.68. The molecule has 0 radical (unpaired) electrons. The van der Waals surface area contributed by atoms with Crippen LogP contribution in [0.2, 0.25) is 0 Å². The zero-order chi connectivity index (χ0) is 15.6. The van der Waals surface area contributed by atoms with E-state index >= 15 is 0 Å². The second-order valence-electron chi connectivity index (χ2n) is 4.25. The van der Waals surface area contributed by atoms with Gasteiger partial charge in [-0.15, -0.1) is 0 Å². The van der Waals surface area contributed by atoms with Gasteiger partial charge in [0.15, 0.2) is 11.6 Å². The predicted octanol–water partition coefficient (Wildman–Crippen LogP) is 1.90. The lowest BCUT2D eigenvalue weighted by Crippen LogP contribution is -2.15. The molecule has 5 N–H and O–H groups in total. The fourth-order valence-corrected chi connectivity index (χ4v) is 1.68. The molecule has 0 heterocycles. The van der Waals surface area contributed by atoms with Crippen LogP contribution in [0.3, 0.4) is 0 Å². The van der Waals surface area contributed by atoms with E-state index in [0.717, 1.165) is 12.1 Å². The average molecular weight is 291 g/mol. The number of hydrogen-bond acceptors (Lipinski definition) is 3. The number of amides is 2. The molecule has 0 unspecified atom stereocenters.